The second-order valence-electron chi connectivity index (χ2n) is 10.2. The number of carboxylic acid groups (broad SMARTS) is 1. The summed E-state index contributed by atoms with van der Waals surface area (Å²) in [5.74, 6) is -1.62. The van der Waals surface area contributed by atoms with Crippen LogP contribution < -0.4 is 4.90 Å². The maximum absolute atomic E-state index is 14.3. The first kappa shape index (κ1) is 24.5. The zero-order valence-electron chi connectivity index (χ0n) is 19.6. The molecule has 1 aromatic heterocycles. The highest BCUT2D eigenvalue weighted by Gasteiger charge is 2.36. The predicted molar refractivity (Wildman–Crippen MR) is 126 cm³/mol. The van der Waals surface area contributed by atoms with Crippen LogP contribution in [0.3, 0.4) is 0 Å². The van der Waals surface area contributed by atoms with Crippen LogP contribution in [-0.2, 0) is 9.53 Å². The van der Waals surface area contributed by atoms with Crippen molar-refractivity contribution in [2.45, 2.75) is 66.1 Å². The van der Waals surface area contributed by atoms with Crippen LogP contribution in [0, 0.1) is 18.2 Å². The molecule has 0 amide bonds. The van der Waals surface area contributed by atoms with Gasteiger partial charge in [0.1, 0.15) is 5.82 Å². The smallest absolute Gasteiger partial charge is 0.337 e. The lowest BCUT2D eigenvalue weighted by molar-refractivity contribution is -0.160. The number of aryl methyl sites for hydroxylation is 1. The van der Waals surface area contributed by atoms with Crippen LogP contribution in [0.1, 0.15) is 64.8 Å². The van der Waals surface area contributed by atoms with Gasteiger partial charge in [-0.25, -0.2) is 9.18 Å². The number of nitrogens with zero attached hydrogens (tertiary/aromatic N) is 2. The third kappa shape index (κ3) is 5.24. The van der Waals surface area contributed by atoms with E-state index in [1.807, 2.05) is 20.8 Å². The molecule has 1 saturated heterocycles. The molecule has 1 aliphatic heterocycles. The highest BCUT2D eigenvalue weighted by Crippen LogP contribution is 2.45. The first-order chi connectivity index (χ1) is 14.8. The number of benzene rings is 1. The number of hydrogen-bond donors (Lipinski definition) is 1. The second kappa shape index (κ2) is 8.99. The first-order valence-electron chi connectivity index (χ1n) is 10.9. The fourth-order valence-electron chi connectivity index (χ4n) is 4.09. The number of aromatic nitrogens is 1. The Kier molecular flexibility index (Phi) is 6.87. The molecule has 174 valence electrons. The number of pyridine rings is 1. The average molecular weight is 463 g/mol. The maximum atomic E-state index is 14.3. The van der Waals surface area contributed by atoms with Gasteiger partial charge in [-0.2, -0.15) is 0 Å². The van der Waals surface area contributed by atoms with E-state index in [1.54, 1.807) is 25.3 Å². The highest BCUT2D eigenvalue weighted by atomic mass is 35.5. The van der Waals surface area contributed by atoms with Crippen LogP contribution in [0.15, 0.2) is 24.4 Å². The lowest BCUT2D eigenvalue weighted by atomic mass is 9.82. The molecular weight excluding hydrogens is 431 g/mol. The minimum absolute atomic E-state index is 0.00805. The minimum atomic E-state index is -1.22. The molecule has 1 fully saturated rings. The van der Waals surface area contributed by atoms with Gasteiger partial charge in [-0.05, 0) is 52.0 Å². The molecule has 0 bridgehead atoms. The summed E-state index contributed by atoms with van der Waals surface area (Å²) < 4.78 is 20.4. The van der Waals surface area contributed by atoms with Crippen molar-refractivity contribution < 1.29 is 19.0 Å². The maximum Gasteiger partial charge on any atom is 0.337 e. The van der Waals surface area contributed by atoms with Crippen LogP contribution in [0.2, 0.25) is 5.02 Å². The fraction of sp³-hybridized carbons (Fsp3) is 0.520. The third-order valence-electron chi connectivity index (χ3n) is 5.92. The van der Waals surface area contributed by atoms with Gasteiger partial charge in [-0.1, -0.05) is 37.6 Å². The zero-order valence-corrected chi connectivity index (χ0v) is 20.4. The van der Waals surface area contributed by atoms with Gasteiger partial charge in [0.25, 0.3) is 0 Å². The molecule has 1 aromatic carbocycles. The Morgan fingerprint density at radius 2 is 1.88 bits per heavy atom. The van der Waals surface area contributed by atoms with E-state index < -0.39 is 23.5 Å². The van der Waals surface area contributed by atoms with E-state index in [4.69, 9.17) is 16.3 Å². The Morgan fingerprint density at radius 3 is 2.44 bits per heavy atom. The summed E-state index contributed by atoms with van der Waals surface area (Å²) in [5.41, 5.74) is 2.37. The van der Waals surface area contributed by atoms with Crippen molar-refractivity contribution in [1.29, 1.82) is 0 Å². The molecule has 1 aliphatic rings. The number of halogens is 2. The largest absolute Gasteiger partial charge is 0.479 e. The van der Waals surface area contributed by atoms with Crippen molar-refractivity contribution in [3.63, 3.8) is 0 Å². The molecule has 0 saturated carbocycles. The molecular formula is C25H32ClFN2O3. The number of aliphatic carboxylic acids is 1. The summed E-state index contributed by atoms with van der Waals surface area (Å²) >= 11 is 6.36. The van der Waals surface area contributed by atoms with Gasteiger partial charge < -0.3 is 14.7 Å². The Morgan fingerprint density at radius 1 is 1.25 bits per heavy atom. The van der Waals surface area contributed by atoms with E-state index in [0.29, 0.717) is 28.1 Å². The van der Waals surface area contributed by atoms with Crippen molar-refractivity contribution in [3.05, 3.63) is 46.5 Å². The number of carboxylic acids is 1. The molecule has 5 nitrogen and oxygen atoms in total. The fourth-order valence-corrected chi connectivity index (χ4v) is 4.32. The van der Waals surface area contributed by atoms with Crippen molar-refractivity contribution >= 4 is 23.3 Å². The summed E-state index contributed by atoms with van der Waals surface area (Å²) in [4.78, 5) is 19.0. The van der Waals surface area contributed by atoms with Crippen molar-refractivity contribution in [2.75, 3.05) is 18.0 Å². The summed E-state index contributed by atoms with van der Waals surface area (Å²) in [6, 6.07) is 4.64. The molecule has 1 unspecified atom stereocenters. The van der Waals surface area contributed by atoms with E-state index in [2.05, 4.69) is 23.7 Å². The monoisotopic (exact) mass is 462 g/mol. The Hall–Kier alpha value is -2.18. The van der Waals surface area contributed by atoms with Crippen molar-refractivity contribution in [3.8, 4) is 11.1 Å². The number of piperidine rings is 1. The van der Waals surface area contributed by atoms with Crippen LogP contribution in [-0.4, -0.2) is 34.8 Å². The Labute approximate surface area is 194 Å². The van der Waals surface area contributed by atoms with E-state index in [-0.39, 0.29) is 10.4 Å². The van der Waals surface area contributed by atoms with Crippen LogP contribution >= 0.6 is 11.6 Å². The van der Waals surface area contributed by atoms with E-state index >= 15 is 0 Å². The van der Waals surface area contributed by atoms with Gasteiger partial charge in [-0.3, -0.25) is 4.98 Å². The molecule has 7 heteroatoms. The normalized spacial score (nSPS) is 17.3. The predicted octanol–water partition coefficient (Wildman–Crippen LogP) is 6.42. The second-order valence-corrected chi connectivity index (χ2v) is 10.6. The molecule has 1 N–H and O–H groups in total. The number of anilines is 1. The lowest BCUT2D eigenvalue weighted by Gasteiger charge is -2.41. The van der Waals surface area contributed by atoms with E-state index in [9.17, 15) is 14.3 Å². The van der Waals surface area contributed by atoms with Gasteiger partial charge in [0.05, 0.1) is 16.3 Å². The molecule has 32 heavy (non-hydrogen) atoms. The molecule has 2 heterocycles. The van der Waals surface area contributed by atoms with Gasteiger partial charge in [0.15, 0.2) is 6.10 Å². The minimum Gasteiger partial charge on any atom is -0.479 e. The van der Waals surface area contributed by atoms with E-state index in [0.717, 1.165) is 25.9 Å². The average Bonchev–Trinajstić information content (AvgIpc) is 2.68. The van der Waals surface area contributed by atoms with E-state index in [1.165, 1.54) is 6.07 Å². The van der Waals surface area contributed by atoms with Gasteiger partial charge in [-0.15, -0.1) is 0 Å². The van der Waals surface area contributed by atoms with Crippen molar-refractivity contribution in [2.24, 2.45) is 5.41 Å². The topological polar surface area (TPSA) is 62.7 Å². The molecule has 1 atom stereocenters. The Balaban J connectivity index is 2.28. The first-order valence-corrected chi connectivity index (χ1v) is 11.3. The quantitative estimate of drug-likeness (QED) is 0.555. The third-order valence-corrected chi connectivity index (χ3v) is 6.30. The number of carbonyl (C=O) groups is 1. The molecule has 0 spiro atoms. The molecule has 2 aromatic rings. The highest BCUT2D eigenvalue weighted by molar-refractivity contribution is 6.33. The number of hydrogen-bond acceptors (Lipinski definition) is 4. The summed E-state index contributed by atoms with van der Waals surface area (Å²) in [7, 11) is 0. The summed E-state index contributed by atoms with van der Waals surface area (Å²) in [5, 5.41) is 10.1. The van der Waals surface area contributed by atoms with Crippen LogP contribution in [0.5, 0.6) is 0 Å². The van der Waals surface area contributed by atoms with Crippen LogP contribution in [0.4, 0.5) is 10.1 Å². The molecule has 0 aliphatic carbocycles. The van der Waals surface area contributed by atoms with Gasteiger partial charge in [0, 0.05) is 41.7 Å². The summed E-state index contributed by atoms with van der Waals surface area (Å²) in [6.07, 6.45) is 2.33. The number of rotatable bonds is 5. The lowest BCUT2D eigenvalue weighted by Crippen LogP contribution is -2.39. The van der Waals surface area contributed by atoms with Gasteiger partial charge in [0.2, 0.25) is 0 Å². The summed E-state index contributed by atoms with van der Waals surface area (Å²) in [6.45, 7) is 13.2. The SMILES string of the molecule is Cc1ncc(-c2cccc(F)c2Cl)c(N2CCC(C)(C)CC2)c1C(OC(C)(C)C)C(=O)O. The molecule has 3 rings (SSSR count). The number of ether oxygens (including phenoxy) is 1. The zero-order chi connectivity index (χ0) is 23.8. The van der Waals surface area contributed by atoms with Crippen LogP contribution in [0.25, 0.3) is 11.1 Å². The molecule has 0 radical (unpaired) electrons. The van der Waals surface area contributed by atoms with Crippen molar-refractivity contribution in [1.82, 2.24) is 4.98 Å². The standard InChI is InChI=1S/C25H32ClFN2O3/c1-15-19(22(23(30)31)32-24(2,3)4)21(29-12-10-25(5,6)11-13-29)17(14-28-15)16-8-7-9-18(27)20(16)26/h7-9,14,22H,10-13H2,1-6H3,(H,30,31). The van der Waals surface area contributed by atoms with Gasteiger partial charge >= 0.3 is 5.97 Å². The Bertz CT molecular complexity index is 1010.